The Hall–Kier alpha value is -2.37. The molecule has 1 fully saturated rings. The second-order valence-electron chi connectivity index (χ2n) is 8.33. The Morgan fingerprint density at radius 2 is 1.69 bits per heavy atom. The van der Waals surface area contributed by atoms with E-state index in [-0.39, 0.29) is 5.91 Å². The van der Waals surface area contributed by atoms with Gasteiger partial charge in [0.25, 0.3) is 0 Å². The van der Waals surface area contributed by atoms with Crippen LogP contribution in [0, 0.1) is 6.92 Å². The van der Waals surface area contributed by atoms with Crippen molar-refractivity contribution in [3.63, 3.8) is 0 Å². The smallest absolute Gasteiger partial charge is 0.236 e. The highest BCUT2D eigenvalue weighted by Crippen LogP contribution is 2.26. The molecule has 0 aliphatic carbocycles. The minimum atomic E-state index is 0.192. The zero-order valence-corrected chi connectivity index (χ0v) is 17.6. The Balaban J connectivity index is 1.22. The number of carbonyl (C=O) groups is 1. The number of hydrogen-bond acceptors (Lipinski definition) is 4. The summed E-state index contributed by atoms with van der Waals surface area (Å²) >= 11 is 0. The lowest BCUT2D eigenvalue weighted by Gasteiger charge is -2.35. The van der Waals surface area contributed by atoms with Crippen LogP contribution < -0.4 is 4.74 Å². The first-order valence-electron chi connectivity index (χ1n) is 10.6. The van der Waals surface area contributed by atoms with Crippen LogP contribution in [0.5, 0.6) is 5.75 Å². The van der Waals surface area contributed by atoms with Crippen LogP contribution in [-0.2, 0) is 24.3 Å². The lowest BCUT2D eigenvalue weighted by atomic mass is 10.1. The van der Waals surface area contributed by atoms with E-state index >= 15 is 0 Å². The molecule has 2 aromatic rings. The number of fused-ring (bicyclic) bond motifs is 1. The van der Waals surface area contributed by atoms with Gasteiger partial charge in [0.15, 0.2) is 0 Å². The van der Waals surface area contributed by atoms with E-state index < -0.39 is 0 Å². The zero-order valence-electron chi connectivity index (χ0n) is 17.6. The Morgan fingerprint density at radius 3 is 2.45 bits per heavy atom. The molecule has 29 heavy (non-hydrogen) atoms. The van der Waals surface area contributed by atoms with Crippen LogP contribution in [0.1, 0.15) is 22.3 Å². The summed E-state index contributed by atoms with van der Waals surface area (Å²) in [5, 5.41) is 0. The molecule has 2 heterocycles. The van der Waals surface area contributed by atoms with Gasteiger partial charge in [-0.1, -0.05) is 42.0 Å². The molecule has 154 valence electrons. The largest absolute Gasteiger partial charge is 0.493 e. The first-order chi connectivity index (χ1) is 14.1. The van der Waals surface area contributed by atoms with Crippen molar-refractivity contribution < 1.29 is 9.53 Å². The number of likely N-dealkylation sites (N-methyl/N-ethyl adjacent to an activating group) is 1. The summed E-state index contributed by atoms with van der Waals surface area (Å²) in [7, 11) is 1.90. The number of benzene rings is 2. The fourth-order valence-corrected chi connectivity index (χ4v) is 4.07. The number of amides is 1. The van der Waals surface area contributed by atoms with Crippen LogP contribution in [0.25, 0.3) is 0 Å². The molecule has 0 atom stereocenters. The molecule has 5 nitrogen and oxygen atoms in total. The van der Waals surface area contributed by atoms with Crippen molar-refractivity contribution in [3.05, 3.63) is 64.7 Å². The first-order valence-corrected chi connectivity index (χ1v) is 10.6. The Bertz CT molecular complexity index is 842. The van der Waals surface area contributed by atoms with Gasteiger partial charge in [-0.15, -0.1) is 0 Å². The first kappa shape index (κ1) is 19.9. The third-order valence-electron chi connectivity index (χ3n) is 5.95. The molecule has 2 aliphatic rings. The normalized spacial score (nSPS) is 17.0. The maximum absolute atomic E-state index is 12.6. The number of hydrogen-bond donors (Lipinski definition) is 0. The molecule has 4 rings (SSSR count). The third-order valence-corrected chi connectivity index (χ3v) is 5.95. The second kappa shape index (κ2) is 8.97. The summed E-state index contributed by atoms with van der Waals surface area (Å²) in [5.41, 5.74) is 5.12. The van der Waals surface area contributed by atoms with Crippen molar-refractivity contribution >= 4 is 5.91 Å². The molecule has 2 aliphatic heterocycles. The molecule has 0 unspecified atom stereocenters. The Kier molecular flexibility index (Phi) is 6.16. The molecule has 0 radical (unpaired) electrons. The van der Waals surface area contributed by atoms with Crippen LogP contribution in [0.4, 0.5) is 0 Å². The van der Waals surface area contributed by atoms with Crippen LogP contribution in [0.3, 0.4) is 0 Å². The van der Waals surface area contributed by atoms with Crippen molar-refractivity contribution in [3.8, 4) is 5.75 Å². The molecule has 2 aromatic carbocycles. The van der Waals surface area contributed by atoms with Crippen LogP contribution >= 0.6 is 0 Å². The average Bonchev–Trinajstić information content (AvgIpc) is 3.19. The van der Waals surface area contributed by atoms with Crippen LogP contribution in [0.2, 0.25) is 0 Å². The van der Waals surface area contributed by atoms with E-state index in [0.29, 0.717) is 13.1 Å². The predicted octanol–water partition coefficient (Wildman–Crippen LogP) is 2.71. The second-order valence-corrected chi connectivity index (χ2v) is 8.33. The van der Waals surface area contributed by atoms with Crippen LogP contribution in [-0.4, -0.2) is 67.0 Å². The maximum Gasteiger partial charge on any atom is 0.236 e. The fraction of sp³-hybridized carbons (Fsp3) is 0.458. The summed E-state index contributed by atoms with van der Waals surface area (Å²) in [6.45, 7) is 8.93. The topological polar surface area (TPSA) is 36.0 Å². The molecule has 0 spiro atoms. The molecule has 0 aromatic heterocycles. The predicted molar refractivity (Wildman–Crippen MR) is 115 cm³/mol. The summed E-state index contributed by atoms with van der Waals surface area (Å²) in [6.07, 6.45) is 1.02. The summed E-state index contributed by atoms with van der Waals surface area (Å²) in [6, 6.07) is 15.0. The van der Waals surface area contributed by atoms with E-state index in [2.05, 4.69) is 59.2 Å². The van der Waals surface area contributed by atoms with E-state index in [0.717, 1.165) is 51.5 Å². The van der Waals surface area contributed by atoms with Gasteiger partial charge in [0.1, 0.15) is 5.75 Å². The number of carbonyl (C=O) groups excluding carboxylic acids is 1. The standard InChI is InChI=1S/C24H31N3O2/c1-19-3-5-20(6-4-19)16-25(2)24(28)18-27-12-10-26(11-13-27)17-21-7-8-23-22(15-21)9-14-29-23/h3-8,15H,9-14,16-18H2,1-2H3. The highest BCUT2D eigenvalue weighted by Gasteiger charge is 2.21. The van der Waals surface area contributed by atoms with Gasteiger partial charge in [0, 0.05) is 52.7 Å². The summed E-state index contributed by atoms with van der Waals surface area (Å²) < 4.78 is 5.60. The number of piperazine rings is 1. The summed E-state index contributed by atoms with van der Waals surface area (Å²) in [4.78, 5) is 19.2. The van der Waals surface area contributed by atoms with Crippen molar-refractivity contribution in [2.75, 3.05) is 46.4 Å². The van der Waals surface area contributed by atoms with E-state index in [4.69, 9.17) is 4.74 Å². The van der Waals surface area contributed by atoms with E-state index in [1.54, 1.807) is 0 Å². The highest BCUT2D eigenvalue weighted by atomic mass is 16.5. The molecule has 1 amide bonds. The summed E-state index contributed by atoms with van der Waals surface area (Å²) in [5.74, 6) is 1.24. The van der Waals surface area contributed by atoms with Gasteiger partial charge in [0.2, 0.25) is 5.91 Å². The molecule has 5 heteroatoms. The van der Waals surface area contributed by atoms with Crippen molar-refractivity contribution in [1.29, 1.82) is 0 Å². The molecular formula is C24H31N3O2. The quantitative estimate of drug-likeness (QED) is 0.756. The highest BCUT2D eigenvalue weighted by molar-refractivity contribution is 5.78. The van der Waals surface area contributed by atoms with Gasteiger partial charge in [-0.3, -0.25) is 14.6 Å². The van der Waals surface area contributed by atoms with Crippen molar-refractivity contribution in [2.45, 2.75) is 26.4 Å². The van der Waals surface area contributed by atoms with E-state index in [1.807, 2.05) is 11.9 Å². The monoisotopic (exact) mass is 393 g/mol. The van der Waals surface area contributed by atoms with Gasteiger partial charge in [-0.2, -0.15) is 0 Å². The molecule has 0 bridgehead atoms. The molecule has 0 saturated carbocycles. The Labute approximate surface area is 173 Å². The third kappa shape index (κ3) is 5.17. The average molecular weight is 394 g/mol. The van der Waals surface area contributed by atoms with Crippen molar-refractivity contribution in [2.24, 2.45) is 0 Å². The fourth-order valence-electron chi connectivity index (χ4n) is 4.07. The zero-order chi connectivity index (χ0) is 20.2. The van der Waals surface area contributed by atoms with E-state index in [1.165, 1.54) is 22.3 Å². The minimum absolute atomic E-state index is 0.192. The van der Waals surface area contributed by atoms with Gasteiger partial charge in [-0.25, -0.2) is 0 Å². The van der Waals surface area contributed by atoms with Gasteiger partial charge in [-0.05, 0) is 29.7 Å². The van der Waals surface area contributed by atoms with Crippen molar-refractivity contribution in [1.82, 2.24) is 14.7 Å². The number of aryl methyl sites for hydroxylation is 1. The minimum Gasteiger partial charge on any atom is -0.493 e. The molecule has 0 N–H and O–H groups in total. The SMILES string of the molecule is Cc1ccc(CN(C)C(=O)CN2CCN(Cc3ccc4c(c3)CCO4)CC2)cc1. The number of rotatable bonds is 6. The number of nitrogens with zero attached hydrogens (tertiary/aromatic N) is 3. The van der Waals surface area contributed by atoms with E-state index in [9.17, 15) is 4.79 Å². The molecular weight excluding hydrogens is 362 g/mol. The van der Waals surface area contributed by atoms with Gasteiger partial charge in [0.05, 0.1) is 13.2 Å². The number of ether oxygens (including phenoxy) is 1. The molecule has 1 saturated heterocycles. The lowest BCUT2D eigenvalue weighted by Crippen LogP contribution is -2.49. The Morgan fingerprint density at radius 1 is 1.00 bits per heavy atom. The van der Waals surface area contributed by atoms with Gasteiger partial charge < -0.3 is 9.64 Å². The van der Waals surface area contributed by atoms with Gasteiger partial charge >= 0.3 is 0 Å². The van der Waals surface area contributed by atoms with Crippen LogP contribution in [0.15, 0.2) is 42.5 Å². The maximum atomic E-state index is 12.6. The lowest BCUT2D eigenvalue weighted by molar-refractivity contribution is -0.132.